The van der Waals surface area contributed by atoms with Crippen molar-refractivity contribution in [1.29, 1.82) is 0 Å². The molecule has 0 fully saturated rings. The molecule has 0 aromatic heterocycles. The fraction of sp³-hybridized carbons (Fsp3) is 0.250. The lowest BCUT2D eigenvalue weighted by Gasteiger charge is -2.36. The summed E-state index contributed by atoms with van der Waals surface area (Å²) < 4.78 is 0. The van der Waals surface area contributed by atoms with Crippen LogP contribution in [0.5, 0.6) is 0 Å². The molecule has 0 radical (unpaired) electrons. The van der Waals surface area contributed by atoms with Gasteiger partial charge < -0.3 is 0 Å². The van der Waals surface area contributed by atoms with Crippen molar-refractivity contribution in [3.05, 3.63) is 68.8 Å². The van der Waals surface area contributed by atoms with E-state index in [1.165, 1.54) is 12.1 Å². The third kappa shape index (κ3) is 3.27. The van der Waals surface area contributed by atoms with Gasteiger partial charge in [-0.05, 0) is 26.0 Å². The zero-order valence-corrected chi connectivity index (χ0v) is 13.5. The monoisotopic (exact) mass is 330 g/mol. The first-order valence-electron chi connectivity index (χ1n) is 7.53. The second-order valence-corrected chi connectivity index (χ2v) is 4.92. The van der Waals surface area contributed by atoms with Gasteiger partial charge in [0.05, 0.1) is 9.85 Å². The topological polar surface area (TPSA) is 92.8 Å². The molecule has 0 saturated carbocycles. The van der Waals surface area contributed by atoms with Crippen molar-refractivity contribution in [2.45, 2.75) is 13.8 Å². The molecule has 8 nitrogen and oxygen atoms in total. The number of benzene rings is 2. The molecule has 126 valence electrons. The fourth-order valence-corrected chi connectivity index (χ4v) is 2.62. The molecule has 0 unspecified atom stereocenters. The summed E-state index contributed by atoms with van der Waals surface area (Å²) >= 11 is 0. The first-order valence-corrected chi connectivity index (χ1v) is 7.53. The van der Waals surface area contributed by atoms with Crippen LogP contribution in [-0.4, -0.2) is 22.9 Å². The number of para-hydroxylation sites is 4. The van der Waals surface area contributed by atoms with Crippen LogP contribution in [0.15, 0.2) is 48.5 Å². The van der Waals surface area contributed by atoms with Crippen molar-refractivity contribution in [2.24, 2.45) is 0 Å². The van der Waals surface area contributed by atoms with Crippen LogP contribution in [0.25, 0.3) is 0 Å². The molecule has 0 amide bonds. The molecular formula is C16H18N4O4. The Morgan fingerprint density at radius 3 is 1.38 bits per heavy atom. The average Bonchev–Trinajstić information content (AvgIpc) is 2.59. The summed E-state index contributed by atoms with van der Waals surface area (Å²) in [5, 5.41) is 26.0. The maximum atomic E-state index is 11.3. The number of rotatable bonds is 7. The van der Waals surface area contributed by atoms with Gasteiger partial charge in [-0.3, -0.25) is 30.2 Å². The van der Waals surface area contributed by atoms with E-state index in [1.54, 1.807) is 46.4 Å². The van der Waals surface area contributed by atoms with E-state index in [4.69, 9.17) is 0 Å². The minimum atomic E-state index is -0.453. The van der Waals surface area contributed by atoms with Gasteiger partial charge >= 0.3 is 0 Å². The average molecular weight is 330 g/mol. The zero-order valence-electron chi connectivity index (χ0n) is 13.5. The fourth-order valence-electron chi connectivity index (χ4n) is 2.62. The number of nitro groups is 2. The first kappa shape index (κ1) is 17.2. The maximum absolute atomic E-state index is 11.3. The first-order chi connectivity index (χ1) is 11.5. The summed E-state index contributed by atoms with van der Waals surface area (Å²) in [4.78, 5) is 21.7. The Hall–Kier alpha value is -3.16. The minimum Gasteiger partial charge on any atom is -0.279 e. The van der Waals surface area contributed by atoms with E-state index in [9.17, 15) is 20.2 Å². The summed E-state index contributed by atoms with van der Waals surface area (Å²) in [6, 6.07) is 12.7. The van der Waals surface area contributed by atoms with Crippen LogP contribution in [0.4, 0.5) is 22.7 Å². The summed E-state index contributed by atoms with van der Waals surface area (Å²) in [5.74, 6) is 0. The Balaban J connectivity index is 2.57. The van der Waals surface area contributed by atoms with Crippen molar-refractivity contribution in [3.63, 3.8) is 0 Å². The predicted octanol–water partition coefficient (Wildman–Crippen LogP) is 3.77. The smallest absolute Gasteiger partial charge is 0.279 e. The molecule has 0 aliphatic heterocycles. The van der Waals surface area contributed by atoms with Gasteiger partial charge in [-0.25, -0.2) is 0 Å². The van der Waals surface area contributed by atoms with Gasteiger partial charge in [0.2, 0.25) is 0 Å². The van der Waals surface area contributed by atoms with Crippen molar-refractivity contribution in [3.8, 4) is 0 Å². The van der Waals surface area contributed by atoms with Crippen LogP contribution < -0.4 is 10.0 Å². The number of anilines is 2. The molecule has 2 rings (SSSR count). The molecule has 8 heteroatoms. The van der Waals surface area contributed by atoms with Gasteiger partial charge in [0.25, 0.3) is 11.4 Å². The van der Waals surface area contributed by atoms with Gasteiger partial charge in [0.1, 0.15) is 11.4 Å². The van der Waals surface area contributed by atoms with Crippen LogP contribution in [0, 0.1) is 20.2 Å². The van der Waals surface area contributed by atoms with E-state index < -0.39 is 9.85 Å². The second kappa shape index (κ2) is 7.40. The summed E-state index contributed by atoms with van der Waals surface area (Å²) in [6.07, 6.45) is 0. The minimum absolute atomic E-state index is 0.0450. The molecular weight excluding hydrogens is 312 g/mol. The van der Waals surface area contributed by atoms with Crippen LogP contribution in [0.3, 0.4) is 0 Å². The second-order valence-electron chi connectivity index (χ2n) is 4.92. The van der Waals surface area contributed by atoms with E-state index in [2.05, 4.69) is 0 Å². The molecule has 0 aliphatic rings. The van der Waals surface area contributed by atoms with Crippen molar-refractivity contribution >= 4 is 22.7 Å². The summed E-state index contributed by atoms with van der Waals surface area (Å²) in [5.41, 5.74) is 0.697. The largest absolute Gasteiger partial charge is 0.294 e. The highest BCUT2D eigenvalue weighted by atomic mass is 16.6. The standard InChI is InChI=1S/C16H18N4O4/c1-3-17(13-9-5-7-11-15(13)19(21)22)18(4-2)14-10-6-8-12-16(14)20(23)24/h5-12H,3-4H2,1-2H3. The highest BCUT2D eigenvalue weighted by Crippen LogP contribution is 2.34. The third-order valence-corrected chi connectivity index (χ3v) is 3.60. The quantitative estimate of drug-likeness (QED) is 0.566. The van der Waals surface area contributed by atoms with Gasteiger partial charge in [-0.2, -0.15) is 0 Å². The SMILES string of the molecule is CCN(c1ccccc1[N+](=O)[O-])N(CC)c1ccccc1[N+](=O)[O-]. The number of hydrogen-bond acceptors (Lipinski definition) is 6. The lowest BCUT2D eigenvalue weighted by atomic mass is 10.2. The Bertz CT molecular complexity index is 687. The Labute approximate surface area is 139 Å². The van der Waals surface area contributed by atoms with E-state index in [0.717, 1.165) is 0 Å². The molecule has 2 aromatic rings. The van der Waals surface area contributed by atoms with Crippen molar-refractivity contribution in [1.82, 2.24) is 0 Å². The van der Waals surface area contributed by atoms with E-state index in [0.29, 0.717) is 24.5 Å². The highest BCUT2D eigenvalue weighted by Gasteiger charge is 2.26. The Morgan fingerprint density at radius 1 is 0.750 bits per heavy atom. The molecule has 0 atom stereocenters. The Morgan fingerprint density at radius 2 is 1.08 bits per heavy atom. The van der Waals surface area contributed by atoms with Crippen LogP contribution in [0.1, 0.15) is 13.8 Å². The molecule has 0 heterocycles. The normalized spacial score (nSPS) is 10.2. The predicted molar refractivity (Wildman–Crippen MR) is 92.2 cm³/mol. The summed E-state index contributed by atoms with van der Waals surface area (Å²) in [6.45, 7) is 4.53. The van der Waals surface area contributed by atoms with Gasteiger partial charge in [-0.15, -0.1) is 0 Å². The molecule has 0 spiro atoms. The van der Waals surface area contributed by atoms with E-state index in [1.807, 2.05) is 13.8 Å². The van der Waals surface area contributed by atoms with E-state index >= 15 is 0 Å². The van der Waals surface area contributed by atoms with Gasteiger partial charge in [0.15, 0.2) is 0 Å². The van der Waals surface area contributed by atoms with E-state index in [-0.39, 0.29) is 11.4 Å². The number of nitro benzene ring substituents is 2. The maximum Gasteiger partial charge on any atom is 0.294 e. The van der Waals surface area contributed by atoms with Crippen LogP contribution >= 0.6 is 0 Å². The third-order valence-electron chi connectivity index (χ3n) is 3.60. The highest BCUT2D eigenvalue weighted by molar-refractivity contribution is 5.71. The lowest BCUT2D eigenvalue weighted by Crippen LogP contribution is -2.43. The molecule has 0 aliphatic carbocycles. The zero-order chi connectivity index (χ0) is 17.7. The summed E-state index contributed by atoms with van der Waals surface area (Å²) in [7, 11) is 0. The van der Waals surface area contributed by atoms with Crippen molar-refractivity contribution < 1.29 is 9.85 Å². The van der Waals surface area contributed by atoms with Gasteiger partial charge in [0, 0.05) is 25.2 Å². The number of nitrogens with zero attached hydrogens (tertiary/aromatic N) is 4. The molecule has 24 heavy (non-hydrogen) atoms. The molecule has 2 aromatic carbocycles. The lowest BCUT2D eigenvalue weighted by molar-refractivity contribution is -0.384. The molecule has 0 saturated heterocycles. The Kier molecular flexibility index (Phi) is 5.31. The van der Waals surface area contributed by atoms with Crippen LogP contribution in [0.2, 0.25) is 0 Å². The molecule has 0 bridgehead atoms. The molecule has 0 N–H and O–H groups in total. The van der Waals surface area contributed by atoms with Gasteiger partial charge in [-0.1, -0.05) is 24.3 Å². The van der Waals surface area contributed by atoms with Crippen LogP contribution in [-0.2, 0) is 0 Å². The van der Waals surface area contributed by atoms with Crippen molar-refractivity contribution in [2.75, 3.05) is 23.1 Å². The number of hydrogen-bond donors (Lipinski definition) is 0. The number of hydrazine groups is 1.